The monoisotopic (exact) mass is 358 g/mol. The van der Waals surface area contributed by atoms with Gasteiger partial charge in [0.2, 0.25) is 0 Å². The maximum absolute atomic E-state index is 10.1. The van der Waals surface area contributed by atoms with Crippen LogP contribution in [-0.2, 0) is 8.85 Å². The normalized spacial score (nSPS) is 27.3. The van der Waals surface area contributed by atoms with Crippen LogP contribution in [0.2, 0.25) is 36.3 Å². The zero-order valence-corrected chi connectivity index (χ0v) is 18.9. The van der Waals surface area contributed by atoms with Gasteiger partial charge in [0, 0.05) is 6.42 Å². The summed E-state index contributed by atoms with van der Waals surface area (Å²) in [5.41, 5.74) is 0. The van der Waals surface area contributed by atoms with Crippen LogP contribution in [-0.4, -0.2) is 40.1 Å². The Bertz CT molecular complexity index is 431. The third kappa shape index (κ3) is 5.26. The molecule has 0 aromatic heterocycles. The maximum Gasteiger partial charge on any atom is 0.193 e. The lowest BCUT2D eigenvalue weighted by Gasteiger charge is -2.45. The average molecular weight is 359 g/mol. The summed E-state index contributed by atoms with van der Waals surface area (Å²) >= 11 is 0. The summed E-state index contributed by atoms with van der Waals surface area (Å²) in [6.07, 6.45) is 3.99. The van der Waals surface area contributed by atoms with Crippen LogP contribution in [0.15, 0.2) is 12.2 Å². The first-order chi connectivity index (χ1) is 10.1. The lowest BCUT2D eigenvalue weighted by atomic mass is 10.00. The van der Waals surface area contributed by atoms with Gasteiger partial charge in [0.1, 0.15) is 0 Å². The molecule has 1 rings (SSSR count). The van der Waals surface area contributed by atoms with Gasteiger partial charge in [-0.2, -0.15) is 0 Å². The van der Waals surface area contributed by atoms with Gasteiger partial charge >= 0.3 is 0 Å². The lowest BCUT2D eigenvalue weighted by Crippen LogP contribution is -2.53. The fourth-order valence-electron chi connectivity index (χ4n) is 2.11. The van der Waals surface area contributed by atoms with E-state index in [4.69, 9.17) is 8.85 Å². The molecule has 0 amide bonds. The topological polar surface area (TPSA) is 38.7 Å². The number of rotatable bonds is 4. The fourth-order valence-corrected chi connectivity index (χ4v) is 4.72. The maximum atomic E-state index is 10.1. The number of hydrogen-bond donors (Lipinski definition) is 1. The van der Waals surface area contributed by atoms with E-state index in [0.717, 1.165) is 0 Å². The minimum atomic E-state index is -1.89. The van der Waals surface area contributed by atoms with Gasteiger partial charge in [0.05, 0.1) is 18.3 Å². The smallest absolute Gasteiger partial charge is 0.193 e. The second kappa shape index (κ2) is 6.75. The van der Waals surface area contributed by atoms with Crippen LogP contribution < -0.4 is 0 Å². The molecule has 3 atom stereocenters. The molecule has 1 aliphatic rings. The number of aliphatic hydroxyl groups excluding tert-OH is 1. The Kier molecular flexibility index (Phi) is 6.19. The first kappa shape index (κ1) is 21.1. The summed E-state index contributed by atoms with van der Waals surface area (Å²) in [6.45, 7) is 22.6. The van der Waals surface area contributed by atoms with Crippen molar-refractivity contribution in [2.45, 2.75) is 103 Å². The molecular weight excluding hydrogens is 320 g/mol. The summed E-state index contributed by atoms with van der Waals surface area (Å²) in [4.78, 5) is 0. The zero-order valence-electron chi connectivity index (χ0n) is 16.9. The fraction of sp³-hybridized carbons (Fsp3) is 0.889. The van der Waals surface area contributed by atoms with Crippen molar-refractivity contribution in [1.82, 2.24) is 0 Å². The van der Waals surface area contributed by atoms with E-state index in [2.05, 4.69) is 67.7 Å². The van der Waals surface area contributed by atoms with Crippen molar-refractivity contribution in [3.8, 4) is 0 Å². The SMILES string of the molecule is CC(C)(C)[Si](C)(C)O[C@H]1C[C@@H](O)C=C[C@H]1O[Si](C)(C)C(C)(C)C. The second-order valence-corrected chi connectivity index (χ2v) is 19.5. The Morgan fingerprint density at radius 1 is 0.826 bits per heavy atom. The van der Waals surface area contributed by atoms with E-state index in [9.17, 15) is 5.11 Å². The highest BCUT2D eigenvalue weighted by Crippen LogP contribution is 2.41. The van der Waals surface area contributed by atoms with Crippen molar-refractivity contribution in [1.29, 1.82) is 0 Å². The quantitative estimate of drug-likeness (QED) is 0.562. The van der Waals surface area contributed by atoms with E-state index in [1.54, 1.807) is 0 Å². The Balaban J connectivity index is 2.98. The van der Waals surface area contributed by atoms with Gasteiger partial charge in [-0.1, -0.05) is 53.7 Å². The van der Waals surface area contributed by atoms with Crippen molar-refractivity contribution < 1.29 is 14.0 Å². The van der Waals surface area contributed by atoms with E-state index in [1.807, 2.05) is 12.2 Å². The molecule has 5 heteroatoms. The molecule has 0 fully saturated rings. The van der Waals surface area contributed by atoms with Crippen molar-refractivity contribution in [2.75, 3.05) is 0 Å². The molecule has 0 radical (unpaired) electrons. The van der Waals surface area contributed by atoms with Crippen LogP contribution in [0.25, 0.3) is 0 Å². The first-order valence-corrected chi connectivity index (χ1v) is 14.6. The molecule has 0 bridgehead atoms. The largest absolute Gasteiger partial charge is 0.411 e. The van der Waals surface area contributed by atoms with Gasteiger partial charge in [-0.25, -0.2) is 0 Å². The molecule has 1 aliphatic carbocycles. The molecule has 0 unspecified atom stereocenters. The van der Waals surface area contributed by atoms with Crippen molar-refractivity contribution in [3.05, 3.63) is 12.2 Å². The van der Waals surface area contributed by atoms with Gasteiger partial charge in [0.15, 0.2) is 16.6 Å². The van der Waals surface area contributed by atoms with E-state index in [1.165, 1.54) is 0 Å². The standard InChI is InChI=1S/C18H38O3Si2/c1-17(2,3)22(7,8)20-15-12-11-14(19)13-16(15)21-23(9,10)18(4,5)6/h11-12,14-16,19H,13H2,1-10H3/t14-,15+,16-/m0/s1. The predicted octanol–water partition coefficient (Wildman–Crippen LogP) is 5.09. The molecule has 3 nitrogen and oxygen atoms in total. The van der Waals surface area contributed by atoms with Gasteiger partial charge < -0.3 is 14.0 Å². The summed E-state index contributed by atoms with van der Waals surface area (Å²) in [5.74, 6) is 0. The summed E-state index contributed by atoms with van der Waals surface area (Å²) in [6, 6.07) is 0. The second-order valence-electron chi connectivity index (χ2n) is 9.95. The highest BCUT2D eigenvalue weighted by atomic mass is 28.4. The van der Waals surface area contributed by atoms with Crippen LogP contribution in [0.1, 0.15) is 48.0 Å². The summed E-state index contributed by atoms with van der Waals surface area (Å²) in [7, 11) is -3.77. The molecule has 0 saturated carbocycles. The van der Waals surface area contributed by atoms with E-state index >= 15 is 0 Å². The third-order valence-electron chi connectivity index (χ3n) is 5.85. The predicted molar refractivity (Wildman–Crippen MR) is 104 cm³/mol. The van der Waals surface area contributed by atoms with E-state index in [0.29, 0.717) is 6.42 Å². The van der Waals surface area contributed by atoms with Gasteiger partial charge in [-0.15, -0.1) is 0 Å². The van der Waals surface area contributed by atoms with Crippen LogP contribution in [0, 0.1) is 0 Å². The average Bonchev–Trinajstić information content (AvgIpc) is 2.29. The number of hydrogen-bond acceptors (Lipinski definition) is 3. The molecule has 136 valence electrons. The van der Waals surface area contributed by atoms with Crippen LogP contribution in [0.3, 0.4) is 0 Å². The summed E-state index contributed by atoms with van der Waals surface area (Å²) in [5, 5.41) is 10.4. The van der Waals surface area contributed by atoms with Crippen molar-refractivity contribution in [3.63, 3.8) is 0 Å². The lowest BCUT2D eigenvalue weighted by molar-refractivity contribution is 0.0232. The molecule has 0 aromatic rings. The first-order valence-electron chi connectivity index (χ1n) is 8.79. The Hall–Kier alpha value is 0.0538. The van der Waals surface area contributed by atoms with Crippen LogP contribution >= 0.6 is 0 Å². The number of aliphatic hydroxyl groups is 1. The zero-order chi connectivity index (χ0) is 18.3. The minimum absolute atomic E-state index is 0.0478. The van der Waals surface area contributed by atoms with Gasteiger partial charge in [0.25, 0.3) is 0 Å². The third-order valence-corrected chi connectivity index (χ3v) is 14.8. The Labute approximate surface area is 145 Å². The Morgan fingerprint density at radius 2 is 1.26 bits per heavy atom. The molecule has 1 N–H and O–H groups in total. The van der Waals surface area contributed by atoms with Gasteiger partial charge in [-0.3, -0.25) is 0 Å². The molecule has 0 aliphatic heterocycles. The van der Waals surface area contributed by atoms with Crippen LogP contribution in [0.4, 0.5) is 0 Å². The molecule has 0 aromatic carbocycles. The van der Waals surface area contributed by atoms with Crippen LogP contribution in [0.5, 0.6) is 0 Å². The van der Waals surface area contributed by atoms with E-state index < -0.39 is 22.7 Å². The highest BCUT2D eigenvalue weighted by molar-refractivity contribution is 6.74. The highest BCUT2D eigenvalue weighted by Gasteiger charge is 2.45. The molecule has 0 saturated heterocycles. The molecular formula is C18H38O3Si2. The van der Waals surface area contributed by atoms with Crippen molar-refractivity contribution >= 4 is 16.6 Å². The molecule has 0 heterocycles. The molecule has 0 spiro atoms. The van der Waals surface area contributed by atoms with Crippen molar-refractivity contribution in [2.24, 2.45) is 0 Å². The Morgan fingerprint density at radius 3 is 1.70 bits per heavy atom. The van der Waals surface area contributed by atoms with Gasteiger partial charge in [-0.05, 0) is 36.3 Å². The minimum Gasteiger partial charge on any atom is -0.411 e. The molecule has 23 heavy (non-hydrogen) atoms. The summed E-state index contributed by atoms with van der Waals surface area (Å²) < 4.78 is 13.2. The van der Waals surface area contributed by atoms with E-state index in [-0.39, 0.29) is 22.3 Å².